The zero-order chi connectivity index (χ0) is 14.8. The summed E-state index contributed by atoms with van der Waals surface area (Å²) in [6.07, 6.45) is 1.28. The number of carboxylic acids is 1. The molecule has 4 N–H and O–H groups in total. The maximum absolute atomic E-state index is 11.7. The Morgan fingerprint density at radius 3 is 2.47 bits per heavy atom. The van der Waals surface area contributed by atoms with E-state index < -0.39 is 12.0 Å². The van der Waals surface area contributed by atoms with Crippen molar-refractivity contribution < 1.29 is 19.4 Å². The molecular formula is C13H26N2O4. The topological polar surface area (TPSA) is 102 Å². The molecule has 0 aromatic heterocycles. The maximum atomic E-state index is 11.7. The van der Waals surface area contributed by atoms with Gasteiger partial charge in [-0.1, -0.05) is 13.8 Å². The van der Waals surface area contributed by atoms with Crippen LogP contribution in [-0.4, -0.2) is 43.3 Å². The lowest BCUT2D eigenvalue weighted by molar-refractivity contribution is -0.138. The second kappa shape index (κ2) is 9.75. The van der Waals surface area contributed by atoms with Gasteiger partial charge in [-0.3, -0.25) is 9.59 Å². The Kier molecular flexibility index (Phi) is 9.16. The fourth-order valence-corrected chi connectivity index (χ4v) is 1.90. The third-order valence-corrected chi connectivity index (χ3v) is 2.80. The van der Waals surface area contributed by atoms with Crippen LogP contribution < -0.4 is 11.1 Å². The number of hydrogen-bond acceptors (Lipinski definition) is 4. The standard InChI is InChI=1S/C13H26N2O4/c1-9(2)6-10(7-12(16)17)8-15-13(18)11(14)4-5-19-3/h9-11H,4-8,14H2,1-3H3,(H,15,18)(H,16,17)/t10-,11?/m0/s1. The molecule has 112 valence electrons. The number of nitrogens with two attached hydrogens (primary N) is 1. The number of rotatable bonds is 10. The number of nitrogens with one attached hydrogen (secondary N) is 1. The van der Waals surface area contributed by atoms with Gasteiger partial charge < -0.3 is 20.9 Å². The molecule has 0 aliphatic carbocycles. The number of ether oxygens (including phenoxy) is 1. The Morgan fingerprint density at radius 2 is 2.00 bits per heavy atom. The monoisotopic (exact) mass is 274 g/mol. The average molecular weight is 274 g/mol. The highest BCUT2D eigenvalue weighted by atomic mass is 16.5. The van der Waals surface area contributed by atoms with Crippen LogP contribution in [0, 0.1) is 11.8 Å². The first kappa shape index (κ1) is 17.9. The lowest BCUT2D eigenvalue weighted by atomic mass is 9.94. The first-order chi connectivity index (χ1) is 8.86. The van der Waals surface area contributed by atoms with Crippen LogP contribution in [0.1, 0.15) is 33.1 Å². The Balaban J connectivity index is 4.14. The predicted octanol–water partition coefficient (Wildman–Crippen LogP) is 0.603. The van der Waals surface area contributed by atoms with Crippen LogP contribution in [0.15, 0.2) is 0 Å². The van der Waals surface area contributed by atoms with Crippen molar-refractivity contribution in [3.8, 4) is 0 Å². The zero-order valence-electron chi connectivity index (χ0n) is 12.0. The summed E-state index contributed by atoms with van der Waals surface area (Å²) in [6.45, 7) is 4.84. The number of carboxylic acid groups (broad SMARTS) is 1. The van der Waals surface area contributed by atoms with E-state index in [2.05, 4.69) is 5.32 Å². The normalized spacial score (nSPS) is 14.2. The Labute approximate surface area is 114 Å². The first-order valence-corrected chi connectivity index (χ1v) is 6.60. The number of aliphatic carboxylic acids is 1. The van der Waals surface area contributed by atoms with Crippen LogP contribution in [0.25, 0.3) is 0 Å². The minimum Gasteiger partial charge on any atom is -0.481 e. The molecule has 0 bridgehead atoms. The molecule has 2 atom stereocenters. The Hall–Kier alpha value is -1.14. The van der Waals surface area contributed by atoms with E-state index in [1.165, 1.54) is 0 Å². The summed E-state index contributed by atoms with van der Waals surface area (Å²) in [4.78, 5) is 22.4. The van der Waals surface area contributed by atoms with E-state index in [0.717, 1.165) is 6.42 Å². The van der Waals surface area contributed by atoms with Gasteiger partial charge in [0.15, 0.2) is 0 Å². The molecule has 1 amide bonds. The highest BCUT2D eigenvalue weighted by Crippen LogP contribution is 2.14. The largest absolute Gasteiger partial charge is 0.481 e. The zero-order valence-corrected chi connectivity index (χ0v) is 12.0. The Morgan fingerprint density at radius 1 is 1.37 bits per heavy atom. The van der Waals surface area contributed by atoms with Gasteiger partial charge in [-0.25, -0.2) is 0 Å². The number of carbonyl (C=O) groups excluding carboxylic acids is 1. The highest BCUT2D eigenvalue weighted by Gasteiger charge is 2.18. The van der Waals surface area contributed by atoms with Crippen LogP contribution in [0.3, 0.4) is 0 Å². The van der Waals surface area contributed by atoms with Gasteiger partial charge in [-0.15, -0.1) is 0 Å². The third-order valence-electron chi connectivity index (χ3n) is 2.80. The molecule has 0 aliphatic heterocycles. The molecule has 0 radical (unpaired) electrons. The van der Waals surface area contributed by atoms with E-state index in [9.17, 15) is 9.59 Å². The van der Waals surface area contributed by atoms with E-state index in [1.54, 1.807) is 7.11 Å². The molecule has 0 fully saturated rings. The van der Waals surface area contributed by atoms with E-state index in [4.69, 9.17) is 15.6 Å². The number of amides is 1. The molecule has 19 heavy (non-hydrogen) atoms. The van der Waals surface area contributed by atoms with Crippen molar-refractivity contribution in [1.29, 1.82) is 0 Å². The second-order valence-corrected chi connectivity index (χ2v) is 5.23. The fraction of sp³-hybridized carbons (Fsp3) is 0.846. The number of methoxy groups -OCH3 is 1. The van der Waals surface area contributed by atoms with Crippen LogP contribution in [-0.2, 0) is 14.3 Å². The lowest BCUT2D eigenvalue weighted by Crippen LogP contribution is -2.43. The van der Waals surface area contributed by atoms with Crippen molar-refractivity contribution in [2.24, 2.45) is 17.6 Å². The van der Waals surface area contributed by atoms with Crippen LogP contribution >= 0.6 is 0 Å². The van der Waals surface area contributed by atoms with Crippen molar-refractivity contribution in [3.63, 3.8) is 0 Å². The molecule has 1 unspecified atom stereocenters. The molecule has 0 aliphatic rings. The van der Waals surface area contributed by atoms with Gasteiger partial charge in [0.1, 0.15) is 0 Å². The van der Waals surface area contributed by atoms with Gasteiger partial charge in [-0.2, -0.15) is 0 Å². The molecule has 0 aromatic carbocycles. The van der Waals surface area contributed by atoms with Crippen LogP contribution in [0.4, 0.5) is 0 Å². The van der Waals surface area contributed by atoms with Gasteiger partial charge >= 0.3 is 5.97 Å². The van der Waals surface area contributed by atoms with Crippen molar-refractivity contribution in [2.75, 3.05) is 20.3 Å². The summed E-state index contributed by atoms with van der Waals surface area (Å²) in [7, 11) is 1.55. The van der Waals surface area contributed by atoms with Crippen molar-refractivity contribution >= 4 is 11.9 Å². The molecule has 0 rings (SSSR count). The van der Waals surface area contributed by atoms with Gasteiger partial charge in [0.05, 0.1) is 6.04 Å². The molecule has 0 aromatic rings. The second-order valence-electron chi connectivity index (χ2n) is 5.23. The molecule has 0 spiro atoms. The minimum absolute atomic E-state index is 0.0592. The van der Waals surface area contributed by atoms with Crippen molar-refractivity contribution in [3.05, 3.63) is 0 Å². The van der Waals surface area contributed by atoms with Gasteiger partial charge in [-0.05, 0) is 24.7 Å². The molecular weight excluding hydrogens is 248 g/mol. The highest BCUT2D eigenvalue weighted by molar-refractivity contribution is 5.81. The molecule has 6 heteroatoms. The maximum Gasteiger partial charge on any atom is 0.303 e. The SMILES string of the molecule is COCCC(N)C(=O)NC[C@H](CC(=O)O)CC(C)C. The quantitative estimate of drug-likeness (QED) is 0.541. The summed E-state index contributed by atoms with van der Waals surface area (Å²) in [6, 6.07) is -0.607. The summed E-state index contributed by atoms with van der Waals surface area (Å²) in [5, 5.41) is 11.6. The smallest absolute Gasteiger partial charge is 0.303 e. The van der Waals surface area contributed by atoms with E-state index in [-0.39, 0.29) is 18.2 Å². The molecule has 0 saturated heterocycles. The predicted molar refractivity (Wildman–Crippen MR) is 72.7 cm³/mol. The Bertz CT molecular complexity index is 282. The van der Waals surface area contributed by atoms with E-state index in [0.29, 0.717) is 25.5 Å². The third kappa shape index (κ3) is 9.44. The minimum atomic E-state index is -0.844. The van der Waals surface area contributed by atoms with Crippen molar-refractivity contribution in [1.82, 2.24) is 5.32 Å². The van der Waals surface area contributed by atoms with Crippen LogP contribution in [0.5, 0.6) is 0 Å². The average Bonchev–Trinajstić information content (AvgIpc) is 2.31. The summed E-state index contributed by atoms with van der Waals surface area (Å²) < 4.78 is 4.86. The summed E-state index contributed by atoms with van der Waals surface area (Å²) in [5.74, 6) is -0.765. The molecule has 0 saturated carbocycles. The summed E-state index contributed by atoms with van der Waals surface area (Å²) in [5.41, 5.74) is 5.68. The molecule has 0 heterocycles. The van der Waals surface area contributed by atoms with E-state index in [1.807, 2.05) is 13.8 Å². The molecule has 6 nitrogen and oxygen atoms in total. The number of hydrogen-bond donors (Lipinski definition) is 3. The van der Waals surface area contributed by atoms with Crippen molar-refractivity contribution in [2.45, 2.75) is 39.2 Å². The first-order valence-electron chi connectivity index (χ1n) is 6.60. The van der Waals surface area contributed by atoms with Crippen LogP contribution in [0.2, 0.25) is 0 Å². The van der Waals surface area contributed by atoms with Gasteiger partial charge in [0, 0.05) is 26.7 Å². The van der Waals surface area contributed by atoms with E-state index >= 15 is 0 Å². The lowest BCUT2D eigenvalue weighted by Gasteiger charge is -2.19. The fourth-order valence-electron chi connectivity index (χ4n) is 1.90. The van der Waals surface area contributed by atoms with Gasteiger partial charge in [0.25, 0.3) is 0 Å². The van der Waals surface area contributed by atoms with Gasteiger partial charge in [0.2, 0.25) is 5.91 Å². The number of carbonyl (C=O) groups is 2. The summed E-state index contributed by atoms with van der Waals surface area (Å²) >= 11 is 0.